The first kappa shape index (κ1) is 15.5. The molecule has 1 aromatic heterocycles. The molecule has 1 aromatic rings. The molecule has 0 saturated carbocycles. The molecule has 0 spiro atoms. The number of ether oxygens (including phenoxy) is 1. The summed E-state index contributed by atoms with van der Waals surface area (Å²) >= 11 is 0. The van der Waals surface area contributed by atoms with Crippen molar-refractivity contribution in [2.45, 2.75) is 40.0 Å². The highest BCUT2D eigenvalue weighted by Crippen LogP contribution is 2.08. The van der Waals surface area contributed by atoms with Crippen LogP contribution >= 0.6 is 0 Å². The van der Waals surface area contributed by atoms with E-state index in [0.717, 1.165) is 51.6 Å². The summed E-state index contributed by atoms with van der Waals surface area (Å²) in [6.07, 6.45) is 4.33. The maximum Gasteiger partial charge on any atom is 0.0950 e. The minimum atomic E-state index is 0.286. The molecule has 0 radical (unpaired) electrons. The highest BCUT2D eigenvalue weighted by molar-refractivity contribution is 4.96. The zero-order chi connectivity index (χ0) is 14.4. The van der Waals surface area contributed by atoms with Crippen LogP contribution in [0, 0.1) is 5.92 Å². The Morgan fingerprint density at radius 3 is 3.10 bits per heavy atom. The van der Waals surface area contributed by atoms with Crippen molar-refractivity contribution in [3.05, 3.63) is 18.2 Å². The van der Waals surface area contributed by atoms with E-state index in [1.165, 1.54) is 0 Å². The van der Waals surface area contributed by atoms with Crippen LogP contribution in [-0.4, -0.2) is 53.3 Å². The Kier molecular flexibility index (Phi) is 6.01. The van der Waals surface area contributed by atoms with Crippen molar-refractivity contribution in [3.63, 3.8) is 0 Å². The Morgan fingerprint density at radius 2 is 2.35 bits per heavy atom. The van der Waals surface area contributed by atoms with Crippen LogP contribution in [0.1, 0.15) is 26.5 Å². The van der Waals surface area contributed by atoms with E-state index < -0.39 is 0 Å². The number of hydrogen-bond donors (Lipinski definition) is 1. The van der Waals surface area contributed by atoms with E-state index in [9.17, 15) is 0 Å². The minimum absolute atomic E-state index is 0.286. The molecule has 0 aliphatic carbocycles. The molecule has 114 valence electrons. The number of nitrogens with zero attached hydrogens (tertiary/aromatic N) is 3. The molecule has 1 atom stereocenters. The average molecular weight is 280 g/mol. The van der Waals surface area contributed by atoms with Gasteiger partial charge in [-0.1, -0.05) is 20.8 Å². The van der Waals surface area contributed by atoms with Gasteiger partial charge in [0, 0.05) is 25.8 Å². The van der Waals surface area contributed by atoms with Gasteiger partial charge >= 0.3 is 0 Å². The van der Waals surface area contributed by atoms with E-state index in [4.69, 9.17) is 4.74 Å². The number of morpholine rings is 1. The van der Waals surface area contributed by atoms with Crippen LogP contribution in [0.3, 0.4) is 0 Å². The quantitative estimate of drug-likeness (QED) is 0.819. The van der Waals surface area contributed by atoms with E-state index >= 15 is 0 Å². The van der Waals surface area contributed by atoms with Crippen LogP contribution in [0.4, 0.5) is 0 Å². The summed E-state index contributed by atoms with van der Waals surface area (Å²) in [7, 11) is 0. The molecule has 1 saturated heterocycles. The van der Waals surface area contributed by atoms with E-state index in [-0.39, 0.29) is 6.10 Å². The maximum absolute atomic E-state index is 5.83. The number of nitrogens with one attached hydrogen (secondary N) is 1. The van der Waals surface area contributed by atoms with Crippen LogP contribution in [0.2, 0.25) is 0 Å². The molecule has 0 amide bonds. The van der Waals surface area contributed by atoms with Crippen molar-refractivity contribution in [1.29, 1.82) is 0 Å². The highest BCUT2D eigenvalue weighted by atomic mass is 16.5. The van der Waals surface area contributed by atoms with Gasteiger partial charge in [0.15, 0.2) is 0 Å². The Morgan fingerprint density at radius 1 is 1.50 bits per heavy atom. The van der Waals surface area contributed by atoms with Gasteiger partial charge < -0.3 is 14.6 Å². The fraction of sp³-hybridized carbons (Fsp3) is 0.800. The van der Waals surface area contributed by atoms with Gasteiger partial charge in [0.2, 0.25) is 0 Å². The van der Waals surface area contributed by atoms with Gasteiger partial charge in [-0.15, -0.1) is 0 Å². The monoisotopic (exact) mass is 280 g/mol. The summed E-state index contributed by atoms with van der Waals surface area (Å²) in [4.78, 5) is 6.89. The number of hydrogen-bond acceptors (Lipinski definition) is 4. The minimum Gasteiger partial charge on any atom is -0.374 e. The van der Waals surface area contributed by atoms with Gasteiger partial charge in [0.1, 0.15) is 0 Å². The van der Waals surface area contributed by atoms with E-state index in [0.29, 0.717) is 5.92 Å². The van der Waals surface area contributed by atoms with Crippen LogP contribution < -0.4 is 5.32 Å². The third-order valence-corrected chi connectivity index (χ3v) is 3.63. The molecule has 20 heavy (non-hydrogen) atoms. The Hall–Kier alpha value is -0.910. The standard InChI is InChI=1S/C15H28N4O/c1-4-18-5-6-20-15(10-18)11-19-9-14(17-12-19)8-16-7-13(2)3/h9,12-13,15-16H,4-8,10-11H2,1-3H3. The first-order chi connectivity index (χ1) is 9.67. The molecule has 1 aliphatic rings. The van der Waals surface area contributed by atoms with Crippen molar-refractivity contribution in [3.8, 4) is 0 Å². The zero-order valence-corrected chi connectivity index (χ0v) is 13.0. The summed E-state index contributed by atoms with van der Waals surface area (Å²) in [6.45, 7) is 13.4. The molecule has 5 nitrogen and oxygen atoms in total. The van der Waals surface area contributed by atoms with Crippen molar-refractivity contribution in [1.82, 2.24) is 19.8 Å². The first-order valence-electron chi connectivity index (χ1n) is 7.72. The largest absolute Gasteiger partial charge is 0.374 e. The van der Waals surface area contributed by atoms with Gasteiger partial charge in [0.05, 0.1) is 31.3 Å². The van der Waals surface area contributed by atoms with Crippen LogP contribution in [0.15, 0.2) is 12.5 Å². The summed E-state index contributed by atoms with van der Waals surface area (Å²) in [5, 5.41) is 3.42. The molecular weight excluding hydrogens is 252 g/mol. The van der Waals surface area contributed by atoms with E-state index in [1.54, 1.807) is 0 Å². The lowest BCUT2D eigenvalue weighted by atomic mass is 10.2. The molecule has 0 aromatic carbocycles. The molecule has 1 unspecified atom stereocenters. The van der Waals surface area contributed by atoms with Crippen molar-refractivity contribution in [2.24, 2.45) is 5.92 Å². The third kappa shape index (κ3) is 4.89. The number of imidazole rings is 1. The van der Waals surface area contributed by atoms with Gasteiger partial charge in [-0.3, -0.25) is 4.90 Å². The Labute approximate surface area is 122 Å². The highest BCUT2D eigenvalue weighted by Gasteiger charge is 2.19. The van der Waals surface area contributed by atoms with Crippen molar-refractivity contribution in [2.75, 3.05) is 32.8 Å². The van der Waals surface area contributed by atoms with Gasteiger partial charge in [-0.05, 0) is 19.0 Å². The predicted octanol–water partition coefficient (Wildman–Crippen LogP) is 1.35. The number of rotatable bonds is 7. The average Bonchev–Trinajstić information content (AvgIpc) is 2.86. The van der Waals surface area contributed by atoms with Gasteiger partial charge in [-0.25, -0.2) is 4.98 Å². The van der Waals surface area contributed by atoms with Crippen LogP contribution in [-0.2, 0) is 17.8 Å². The second-order valence-corrected chi connectivity index (χ2v) is 5.97. The summed E-state index contributed by atoms with van der Waals surface area (Å²) in [6, 6.07) is 0. The molecule has 1 N–H and O–H groups in total. The van der Waals surface area contributed by atoms with Gasteiger partial charge in [0.25, 0.3) is 0 Å². The summed E-state index contributed by atoms with van der Waals surface area (Å²) in [5.41, 5.74) is 1.11. The second-order valence-electron chi connectivity index (χ2n) is 5.97. The van der Waals surface area contributed by atoms with Crippen molar-refractivity contribution >= 4 is 0 Å². The molecule has 2 rings (SSSR count). The molecular formula is C15H28N4O. The fourth-order valence-electron chi connectivity index (χ4n) is 2.50. The third-order valence-electron chi connectivity index (χ3n) is 3.63. The number of aromatic nitrogens is 2. The molecule has 1 fully saturated rings. The van der Waals surface area contributed by atoms with Crippen molar-refractivity contribution < 1.29 is 4.74 Å². The molecule has 1 aliphatic heterocycles. The van der Waals surface area contributed by atoms with Gasteiger partial charge in [-0.2, -0.15) is 0 Å². The number of likely N-dealkylation sites (N-methyl/N-ethyl adjacent to an activating group) is 1. The topological polar surface area (TPSA) is 42.3 Å². The zero-order valence-electron chi connectivity index (χ0n) is 13.0. The SMILES string of the molecule is CCN1CCOC(Cn2cnc(CNCC(C)C)c2)C1. The Balaban J connectivity index is 1.77. The lowest BCUT2D eigenvalue weighted by molar-refractivity contribution is -0.0343. The maximum atomic E-state index is 5.83. The summed E-state index contributed by atoms with van der Waals surface area (Å²) < 4.78 is 7.98. The normalized spacial score (nSPS) is 20.7. The lowest BCUT2D eigenvalue weighted by Gasteiger charge is -2.32. The molecule has 2 heterocycles. The Bertz CT molecular complexity index is 391. The first-order valence-corrected chi connectivity index (χ1v) is 7.72. The van der Waals surface area contributed by atoms with Crippen LogP contribution in [0.5, 0.6) is 0 Å². The lowest BCUT2D eigenvalue weighted by Crippen LogP contribution is -2.43. The molecule has 5 heteroatoms. The second kappa shape index (κ2) is 7.76. The smallest absolute Gasteiger partial charge is 0.0950 e. The van der Waals surface area contributed by atoms with E-state index in [2.05, 4.69) is 46.7 Å². The predicted molar refractivity (Wildman–Crippen MR) is 80.6 cm³/mol. The van der Waals surface area contributed by atoms with Crippen LogP contribution in [0.25, 0.3) is 0 Å². The molecule has 0 bridgehead atoms. The summed E-state index contributed by atoms with van der Waals surface area (Å²) in [5.74, 6) is 0.674. The van der Waals surface area contributed by atoms with E-state index in [1.807, 2.05) is 6.33 Å². The fourth-order valence-corrected chi connectivity index (χ4v) is 2.50.